The van der Waals surface area contributed by atoms with Crippen molar-refractivity contribution in [1.82, 2.24) is 4.90 Å². The normalized spacial score (nSPS) is 30.1. The first-order valence-electron chi connectivity index (χ1n) is 8.50. The number of nitrogens with zero attached hydrogens (tertiary/aromatic N) is 1. The van der Waals surface area contributed by atoms with Gasteiger partial charge in [-0.05, 0) is 51.4 Å². The van der Waals surface area contributed by atoms with E-state index in [2.05, 4.69) is 34.7 Å². The van der Waals surface area contributed by atoms with Gasteiger partial charge in [0.2, 0.25) is 5.91 Å². The van der Waals surface area contributed by atoms with Crippen LogP contribution in [0.15, 0.2) is 0 Å². The average Bonchev–Trinajstić information content (AvgIpc) is 2.46. The summed E-state index contributed by atoms with van der Waals surface area (Å²) in [5.74, 6) is 2.52. The molecule has 2 saturated carbocycles. The summed E-state index contributed by atoms with van der Waals surface area (Å²) >= 11 is 3.48. The maximum absolute atomic E-state index is 12.8. The lowest BCUT2D eigenvalue weighted by Gasteiger charge is -2.40. The van der Waals surface area contributed by atoms with E-state index in [1.165, 1.54) is 38.5 Å². The number of alkyl halides is 1. The molecule has 20 heavy (non-hydrogen) atoms. The molecule has 116 valence electrons. The lowest BCUT2D eigenvalue weighted by molar-refractivity contribution is -0.139. The van der Waals surface area contributed by atoms with Crippen LogP contribution in [0.3, 0.4) is 0 Å². The zero-order chi connectivity index (χ0) is 14.5. The van der Waals surface area contributed by atoms with E-state index in [1.54, 1.807) is 0 Å². The number of rotatable bonds is 5. The van der Waals surface area contributed by atoms with E-state index in [4.69, 9.17) is 0 Å². The van der Waals surface area contributed by atoms with Crippen molar-refractivity contribution in [1.29, 1.82) is 0 Å². The molecule has 0 aromatic carbocycles. The van der Waals surface area contributed by atoms with Crippen molar-refractivity contribution in [3.63, 3.8) is 0 Å². The lowest BCUT2D eigenvalue weighted by atomic mass is 9.67. The topological polar surface area (TPSA) is 20.3 Å². The number of carbonyl (C=O) groups excluding carboxylic acids is 1. The van der Waals surface area contributed by atoms with Gasteiger partial charge in [0.1, 0.15) is 0 Å². The Hall–Kier alpha value is -0.0500. The second kappa shape index (κ2) is 7.82. The molecule has 0 N–H and O–H groups in total. The quantitative estimate of drug-likeness (QED) is 0.667. The Morgan fingerprint density at radius 3 is 2.50 bits per heavy atom. The fourth-order valence-corrected chi connectivity index (χ4v) is 4.44. The Morgan fingerprint density at radius 2 is 1.85 bits per heavy atom. The molecule has 2 fully saturated rings. The molecule has 2 nitrogen and oxygen atoms in total. The third-order valence-corrected chi connectivity index (χ3v) is 5.89. The minimum Gasteiger partial charge on any atom is -0.340 e. The molecular weight excluding hydrogens is 314 g/mol. The third kappa shape index (κ3) is 3.99. The molecule has 0 aliphatic heterocycles. The predicted octanol–water partition coefficient (Wildman–Crippen LogP) is 4.61. The molecule has 3 atom stereocenters. The molecule has 0 radical (unpaired) electrons. The molecule has 3 unspecified atom stereocenters. The summed E-state index contributed by atoms with van der Waals surface area (Å²) in [7, 11) is 0. The van der Waals surface area contributed by atoms with Gasteiger partial charge in [0.05, 0.1) is 0 Å². The molecule has 1 amide bonds. The van der Waals surface area contributed by atoms with Gasteiger partial charge in [-0.2, -0.15) is 0 Å². The smallest absolute Gasteiger partial charge is 0.225 e. The maximum atomic E-state index is 12.8. The molecule has 2 aliphatic rings. The highest BCUT2D eigenvalue weighted by Crippen LogP contribution is 2.43. The largest absolute Gasteiger partial charge is 0.340 e. The number of halogens is 1. The van der Waals surface area contributed by atoms with Crippen LogP contribution in [0.1, 0.15) is 65.2 Å². The van der Waals surface area contributed by atoms with E-state index in [1.807, 2.05) is 0 Å². The number of hydrogen-bond acceptors (Lipinski definition) is 1. The van der Waals surface area contributed by atoms with Gasteiger partial charge in [-0.3, -0.25) is 4.79 Å². The molecule has 2 aliphatic carbocycles. The monoisotopic (exact) mass is 343 g/mol. The first-order chi connectivity index (χ1) is 9.63. The van der Waals surface area contributed by atoms with Gasteiger partial charge >= 0.3 is 0 Å². The standard InChI is InChI=1S/C17H30BrNO/c1-13(2)19(11-5-10-18)17(20)16-9-8-14-6-3-4-7-15(14)12-16/h13-16H,3-12H2,1-2H3. The summed E-state index contributed by atoms with van der Waals surface area (Å²) in [5, 5.41) is 0.985. The van der Waals surface area contributed by atoms with Crippen LogP contribution in [0.4, 0.5) is 0 Å². The van der Waals surface area contributed by atoms with Gasteiger partial charge in [0, 0.05) is 23.8 Å². The maximum Gasteiger partial charge on any atom is 0.225 e. The van der Waals surface area contributed by atoms with Crippen LogP contribution in [0.5, 0.6) is 0 Å². The number of fused-ring (bicyclic) bond motifs is 1. The van der Waals surface area contributed by atoms with Gasteiger partial charge in [-0.25, -0.2) is 0 Å². The Morgan fingerprint density at radius 1 is 1.15 bits per heavy atom. The Balaban J connectivity index is 1.93. The fraction of sp³-hybridized carbons (Fsp3) is 0.941. The van der Waals surface area contributed by atoms with E-state index in [9.17, 15) is 4.79 Å². The van der Waals surface area contributed by atoms with E-state index in [0.29, 0.717) is 17.9 Å². The molecule has 0 aromatic heterocycles. The van der Waals surface area contributed by atoms with Crippen LogP contribution in [-0.4, -0.2) is 28.7 Å². The van der Waals surface area contributed by atoms with E-state index in [-0.39, 0.29) is 0 Å². The second-order valence-corrected chi connectivity index (χ2v) is 7.78. The predicted molar refractivity (Wildman–Crippen MR) is 88.0 cm³/mol. The molecular formula is C17H30BrNO. The van der Waals surface area contributed by atoms with Crippen molar-refractivity contribution in [3.8, 4) is 0 Å². The highest BCUT2D eigenvalue weighted by atomic mass is 79.9. The first-order valence-corrected chi connectivity index (χ1v) is 9.62. The van der Waals surface area contributed by atoms with Crippen molar-refractivity contribution >= 4 is 21.8 Å². The third-order valence-electron chi connectivity index (χ3n) is 5.33. The highest BCUT2D eigenvalue weighted by Gasteiger charge is 2.36. The van der Waals surface area contributed by atoms with Crippen molar-refractivity contribution in [3.05, 3.63) is 0 Å². The van der Waals surface area contributed by atoms with Crippen molar-refractivity contribution in [2.75, 3.05) is 11.9 Å². The molecule has 0 aromatic rings. The van der Waals surface area contributed by atoms with Gasteiger partial charge < -0.3 is 4.90 Å². The minimum absolute atomic E-state index is 0.312. The molecule has 0 spiro atoms. The van der Waals surface area contributed by atoms with Crippen LogP contribution >= 0.6 is 15.9 Å². The van der Waals surface area contributed by atoms with Crippen molar-refractivity contribution < 1.29 is 4.79 Å². The molecule has 3 heteroatoms. The molecule has 0 bridgehead atoms. The molecule has 0 saturated heterocycles. The van der Waals surface area contributed by atoms with Crippen LogP contribution in [0, 0.1) is 17.8 Å². The summed E-state index contributed by atoms with van der Waals surface area (Å²) < 4.78 is 0. The first kappa shape index (κ1) is 16.3. The van der Waals surface area contributed by atoms with E-state index >= 15 is 0 Å². The number of hydrogen-bond donors (Lipinski definition) is 0. The molecule has 0 heterocycles. The average molecular weight is 344 g/mol. The van der Waals surface area contributed by atoms with Gasteiger partial charge in [-0.1, -0.05) is 41.6 Å². The zero-order valence-corrected chi connectivity index (χ0v) is 14.7. The SMILES string of the molecule is CC(C)N(CCCBr)C(=O)C1CCC2CCCCC2C1. The van der Waals surface area contributed by atoms with Crippen LogP contribution in [-0.2, 0) is 4.79 Å². The number of amides is 1. The molecule has 2 rings (SSSR count). The van der Waals surface area contributed by atoms with E-state index in [0.717, 1.165) is 36.6 Å². The highest BCUT2D eigenvalue weighted by molar-refractivity contribution is 9.09. The Bertz CT molecular complexity index is 318. The lowest BCUT2D eigenvalue weighted by Crippen LogP contribution is -2.44. The van der Waals surface area contributed by atoms with Gasteiger partial charge in [0.25, 0.3) is 0 Å². The summed E-state index contributed by atoms with van der Waals surface area (Å²) in [6.07, 6.45) is 10.3. The van der Waals surface area contributed by atoms with Crippen LogP contribution < -0.4 is 0 Å². The van der Waals surface area contributed by atoms with Crippen molar-refractivity contribution in [2.24, 2.45) is 17.8 Å². The van der Waals surface area contributed by atoms with Crippen LogP contribution in [0.25, 0.3) is 0 Å². The Kier molecular flexibility index (Phi) is 6.38. The van der Waals surface area contributed by atoms with Crippen LogP contribution in [0.2, 0.25) is 0 Å². The summed E-state index contributed by atoms with van der Waals surface area (Å²) in [5.41, 5.74) is 0. The minimum atomic E-state index is 0.312. The summed E-state index contributed by atoms with van der Waals surface area (Å²) in [6.45, 7) is 5.21. The van der Waals surface area contributed by atoms with Gasteiger partial charge in [0.15, 0.2) is 0 Å². The number of carbonyl (C=O) groups is 1. The second-order valence-electron chi connectivity index (χ2n) is 6.98. The fourth-order valence-electron chi connectivity index (χ4n) is 4.19. The van der Waals surface area contributed by atoms with Gasteiger partial charge in [-0.15, -0.1) is 0 Å². The Labute approximate surface area is 132 Å². The summed E-state index contributed by atoms with van der Waals surface area (Å²) in [6, 6.07) is 0.339. The summed E-state index contributed by atoms with van der Waals surface area (Å²) in [4.78, 5) is 15.0. The van der Waals surface area contributed by atoms with Crippen molar-refractivity contribution in [2.45, 2.75) is 71.3 Å². The van der Waals surface area contributed by atoms with E-state index < -0.39 is 0 Å². The zero-order valence-electron chi connectivity index (χ0n) is 13.1.